The third kappa shape index (κ3) is 3.82. The predicted molar refractivity (Wildman–Crippen MR) is 99.8 cm³/mol. The van der Waals surface area contributed by atoms with Gasteiger partial charge in [0.15, 0.2) is 0 Å². The quantitative estimate of drug-likeness (QED) is 0.852. The van der Waals surface area contributed by atoms with Crippen LogP contribution in [0, 0.1) is 0 Å². The number of hydrogen-bond acceptors (Lipinski definition) is 4. The van der Waals surface area contributed by atoms with Gasteiger partial charge in [0.25, 0.3) is 5.91 Å². The van der Waals surface area contributed by atoms with Gasteiger partial charge in [-0.3, -0.25) is 9.48 Å². The highest BCUT2D eigenvalue weighted by molar-refractivity contribution is 7.09. The molecule has 1 amide bonds. The number of hydrogen-bond donors (Lipinski definition) is 1. The molecule has 1 aliphatic rings. The molecule has 2 aromatic rings. The fourth-order valence-corrected chi connectivity index (χ4v) is 4.00. The molecular formula is C17H25ClN4OS. The molecule has 5 nitrogen and oxygen atoms in total. The van der Waals surface area contributed by atoms with Gasteiger partial charge >= 0.3 is 0 Å². The van der Waals surface area contributed by atoms with Crippen LogP contribution in [0.2, 0.25) is 0 Å². The van der Waals surface area contributed by atoms with Gasteiger partial charge in [0, 0.05) is 30.4 Å². The topological polar surface area (TPSA) is 50.2 Å². The van der Waals surface area contributed by atoms with E-state index in [2.05, 4.69) is 34.9 Å². The molecule has 3 heterocycles. The molecule has 0 radical (unpaired) electrons. The minimum Gasteiger partial charge on any atom is -0.341 e. The largest absolute Gasteiger partial charge is 0.341 e. The fourth-order valence-electron chi connectivity index (χ4n) is 3.30. The first-order chi connectivity index (χ1) is 11.3. The number of piperidine rings is 1. The summed E-state index contributed by atoms with van der Waals surface area (Å²) >= 11 is 1.75. The van der Waals surface area contributed by atoms with Crippen LogP contribution >= 0.6 is 23.7 Å². The van der Waals surface area contributed by atoms with Crippen molar-refractivity contribution >= 4 is 29.7 Å². The molecule has 7 heteroatoms. The number of likely N-dealkylation sites (N-methyl/N-ethyl adjacent to an activating group) is 1. The monoisotopic (exact) mass is 368 g/mol. The standard InChI is InChI=1S/C17H24N4OS.ClH/c1-2-20(13-6-15-5-3-14-23-15)16(22)17(7-10-18-11-8-17)21-12-4-9-19-21;/h3-5,9,12,14,18H,2,6-8,10-11,13H2,1H3;1H. The molecule has 1 aliphatic heterocycles. The molecule has 0 unspecified atom stereocenters. The van der Waals surface area contributed by atoms with E-state index in [9.17, 15) is 4.79 Å². The van der Waals surface area contributed by atoms with Gasteiger partial charge in [-0.1, -0.05) is 6.07 Å². The average Bonchev–Trinajstić information content (AvgIpc) is 3.29. The number of carbonyl (C=O) groups is 1. The van der Waals surface area contributed by atoms with E-state index in [1.807, 2.05) is 21.8 Å². The van der Waals surface area contributed by atoms with Crippen LogP contribution in [0.3, 0.4) is 0 Å². The number of aromatic nitrogens is 2. The summed E-state index contributed by atoms with van der Waals surface area (Å²) < 4.78 is 1.88. The van der Waals surface area contributed by atoms with Crippen molar-refractivity contribution in [2.75, 3.05) is 26.2 Å². The van der Waals surface area contributed by atoms with Gasteiger partial charge in [-0.2, -0.15) is 5.10 Å². The molecule has 3 rings (SSSR count). The van der Waals surface area contributed by atoms with E-state index in [1.165, 1.54) is 4.88 Å². The first kappa shape index (κ1) is 19.0. The van der Waals surface area contributed by atoms with Crippen molar-refractivity contribution in [2.24, 2.45) is 0 Å². The maximum Gasteiger partial charge on any atom is 0.250 e. The van der Waals surface area contributed by atoms with E-state index in [0.29, 0.717) is 0 Å². The Kier molecular flexibility index (Phi) is 6.83. The molecule has 1 fully saturated rings. The summed E-state index contributed by atoms with van der Waals surface area (Å²) in [4.78, 5) is 16.7. The Morgan fingerprint density at radius 1 is 1.42 bits per heavy atom. The van der Waals surface area contributed by atoms with Gasteiger partial charge in [-0.05, 0) is 56.8 Å². The average molecular weight is 369 g/mol. The Balaban J connectivity index is 0.00000208. The number of nitrogens with zero attached hydrogens (tertiary/aromatic N) is 3. The molecule has 0 aromatic carbocycles. The van der Waals surface area contributed by atoms with Gasteiger partial charge < -0.3 is 10.2 Å². The van der Waals surface area contributed by atoms with Gasteiger partial charge in [0.1, 0.15) is 5.54 Å². The zero-order chi connectivity index (χ0) is 16.1. The number of amides is 1. The predicted octanol–water partition coefficient (Wildman–Crippen LogP) is 2.54. The minimum absolute atomic E-state index is 0. The second-order valence-electron chi connectivity index (χ2n) is 5.95. The highest BCUT2D eigenvalue weighted by Crippen LogP contribution is 2.29. The van der Waals surface area contributed by atoms with Crippen LogP contribution in [0.25, 0.3) is 0 Å². The van der Waals surface area contributed by atoms with Crippen LogP contribution in [0.1, 0.15) is 24.6 Å². The second-order valence-corrected chi connectivity index (χ2v) is 6.98. The second kappa shape index (κ2) is 8.65. The van der Waals surface area contributed by atoms with Crippen LogP contribution in [0.4, 0.5) is 0 Å². The Bertz CT molecular complexity index is 609. The van der Waals surface area contributed by atoms with Crippen LogP contribution < -0.4 is 5.32 Å². The molecule has 0 atom stereocenters. The molecule has 2 aromatic heterocycles. The number of thiophene rings is 1. The summed E-state index contributed by atoms with van der Waals surface area (Å²) in [5.74, 6) is 0.210. The van der Waals surface area contributed by atoms with E-state index in [0.717, 1.165) is 45.4 Å². The van der Waals surface area contributed by atoms with Crippen molar-refractivity contribution < 1.29 is 4.79 Å². The normalized spacial score (nSPS) is 16.4. The Hall–Kier alpha value is -1.37. The molecular weight excluding hydrogens is 344 g/mol. The van der Waals surface area contributed by atoms with E-state index in [1.54, 1.807) is 17.5 Å². The maximum absolute atomic E-state index is 13.3. The third-order valence-electron chi connectivity index (χ3n) is 4.65. The molecule has 24 heavy (non-hydrogen) atoms. The van der Waals surface area contributed by atoms with Crippen molar-refractivity contribution in [3.63, 3.8) is 0 Å². The molecule has 0 bridgehead atoms. The highest BCUT2D eigenvalue weighted by Gasteiger charge is 2.43. The summed E-state index contributed by atoms with van der Waals surface area (Å²) in [6, 6.07) is 6.10. The lowest BCUT2D eigenvalue weighted by molar-refractivity contribution is -0.143. The Morgan fingerprint density at radius 2 is 2.21 bits per heavy atom. The summed E-state index contributed by atoms with van der Waals surface area (Å²) in [6.07, 6.45) is 6.20. The lowest BCUT2D eigenvalue weighted by Gasteiger charge is -2.40. The first-order valence-electron chi connectivity index (χ1n) is 8.29. The summed E-state index contributed by atoms with van der Waals surface area (Å²) in [5, 5.41) is 9.85. The van der Waals surface area contributed by atoms with Gasteiger partial charge in [-0.25, -0.2) is 0 Å². The Labute approximate surface area is 153 Å². The maximum atomic E-state index is 13.3. The summed E-state index contributed by atoms with van der Waals surface area (Å²) in [5.41, 5.74) is -0.528. The van der Waals surface area contributed by atoms with Crippen LogP contribution in [0.15, 0.2) is 36.0 Å². The van der Waals surface area contributed by atoms with E-state index in [4.69, 9.17) is 0 Å². The first-order valence-corrected chi connectivity index (χ1v) is 9.17. The molecule has 0 saturated carbocycles. The zero-order valence-electron chi connectivity index (χ0n) is 14.0. The van der Waals surface area contributed by atoms with Crippen LogP contribution in [0.5, 0.6) is 0 Å². The molecule has 0 aliphatic carbocycles. The highest BCUT2D eigenvalue weighted by atomic mass is 35.5. The number of nitrogens with one attached hydrogen (secondary N) is 1. The van der Waals surface area contributed by atoms with Crippen LogP contribution in [-0.4, -0.2) is 46.8 Å². The number of rotatable bonds is 6. The van der Waals surface area contributed by atoms with Gasteiger partial charge in [-0.15, -0.1) is 23.7 Å². The van der Waals surface area contributed by atoms with E-state index < -0.39 is 5.54 Å². The number of halogens is 1. The van der Waals surface area contributed by atoms with Crippen molar-refractivity contribution in [2.45, 2.75) is 31.7 Å². The van der Waals surface area contributed by atoms with Gasteiger partial charge in [0.05, 0.1) is 0 Å². The molecule has 1 saturated heterocycles. The SMILES string of the molecule is CCN(CCc1cccs1)C(=O)C1(n2cccn2)CCNCC1.Cl. The molecule has 1 N–H and O–H groups in total. The van der Waals surface area contributed by atoms with Gasteiger partial charge in [0.2, 0.25) is 0 Å². The summed E-state index contributed by atoms with van der Waals surface area (Å²) in [7, 11) is 0. The molecule has 132 valence electrons. The van der Waals surface area contributed by atoms with Crippen molar-refractivity contribution in [1.29, 1.82) is 0 Å². The third-order valence-corrected chi connectivity index (χ3v) is 5.59. The Morgan fingerprint density at radius 3 is 2.79 bits per heavy atom. The summed E-state index contributed by atoms with van der Waals surface area (Å²) in [6.45, 7) is 5.28. The van der Waals surface area contributed by atoms with Crippen LogP contribution in [-0.2, 0) is 16.8 Å². The van der Waals surface area contributed by atoms with Crippen molar-refractivity contribution in [1.82, 2.24) is 20.0 Å². The zero-order valence-corrected chi connectivity index (χ0v) is 15.6. The molecule has 0 spiro atoms. The minimum atomic E-state index is -0.528. The van der Waals surface area contributed by atoms with E-state index >= 15 is 0 Å². The van der Waals surface area contributed by atoms with E-state index in [-0.39, 0.29) is 18.3 Å². The lowest BCUT2D eigenvalue weighted by Crippen LogP contribution is -2.56. The van der Waals surface area contributed by atoms with Crippen molar-refractivity contribution in [3.05, 3.63) is 40.8 Å². The number of carbonyl (C=O) groups excluding carboxylic acids is 1. The smallest absolute Gasteiger partial charge is 0.250 e. The van der Waals surface area contributed by atoms with Crippen molar-refractivity contribution in [3.8, 4) is 0 Å². The fraction of sp³-hybridized carbons (Fsp3) is 0.529. The lowest BCUT2D eigenvalue weighted by atomic mass is 9.86.